The van der Waals surface area contributed by atoms with Gasteiger partial charge in [-0.2, -0.15) is 0 Å². The number of rotatable bonds is 12. The maximum atomic E-state index is 12.2. The van der Waals surface area contributed by atoms with E-state index in [4.69, 9.17) is 23.7 Å². The Morgan fingerprint density at radius 1 is 1.00 bits per heavy atom. The lowest BCUT2D eigenvalue weighted by Crippen LogP contribution is -2.48. The van der Waals surface area contributed by atoms with Crippen molar-refractivity contribution in [2.24, 2.45) is 0 Å². The fourth-order valence-corrected chi connectivity index (χ4v) is 2.30. The Balaban J connectivity index is 4.85. The van der Waals surface area contributed by atoms with Crippen LogP contribution in [0.1, 0.15) is 61.8 Å². The number of carbonyl (C=O) groups is 2. The number of alkyl carbamates (subject to hydrolysis) is 2. The van der Waals surface area contributed by atoms with Crippen molar-refractivity contribution in [1.82, 2.24) is 10.6 Å². The lowest BCUT2D eigenvalue weighted by molar-refractivity contribution is -0.0499. The van der Waals surface area contributed by atoms with Gasteiger partial charge in [0, 0.05) is 13.7 Å². The third-order valence-corrected chi connectivity index (χ3v) is 3.59. The predicted octanol–water partition coefficient (Wildman–Crippen LogP) is 3.77. The van der Waals surface area contributed by atoms with Crippen molar-refractivity contribution in [1.29, 1.82) is 0 Å². The van der Waals surface area contributed by atoms with Crippen LogP contribution in [0.2, 0.25) is 0 Å². The highest BCUT2D eigenvalue weighted by Gasteiger charge is 2.22. The van der Waals surface area contributed by atoms with Crippen molar-refractivity contribution in [3.05, 3.63) is 11.6 Å². The molecule has 0 spiro atoms. The molecule has 0 bridgehead atoms. The van der Waals surface area contributed by atoms with Gasteiger partial charge in [0.25, 0.3) is 0 Å². The summed E-state index contributed by atoms with van der Waals surface area (Å²) in [6.45, 7) is 15.5. The number of hydrogen-bond acceptors (Lipinski definition) is 7. The maximum absolute atomic E-state index is 12.2. The average molecular weight is 447 g/mol. The SMILES string of the molecule is CC/C(=C\C(C)OCOC)COCC(CNC(=O)OC(C)(C)C)NC(=O)OC(C)(C)C. The summed E-state index contributed by atoms with van der Waals surface area (Å²) in [5, 5.41) is 5.39. The highest BCUT2D eigenvalue weighted by molar-refractivity contribution is 5.69. The van der Waals surface area contributed by atoms with Gasteiger partial charge in [-0.25, -0.2) is 9.59 Å². The Morgan fingerprint density at radius 2 is 1.58 bits per heavy atom. The fourth-order valence-electron chi connectivity index (χ4n) is 2.30. The topological polar surface area (TPSA) is 104 Å². The van der Waals surface area contributed by atoms with Crippen LogP contribution in [0.3, 0.4) is 0 Å². The van der Waals surface area contributed by atoms with Gasteiger partial charge in [0.1, 0.15) is 18.0 Å². The molecule has 0 fully saturated rings. The first-order valence-electron chi connectivity index (χ1n) is 10.6. The Bertz CT molecular complexity index is 565. The number of methoxy groups -OCH3 is 1. The largest absolute Gasteiger partial charge is 0.444 e. The van der Waals surface area contributed by atoms with Crippen molar-refractivity contribution < 1.29 is 33.3 Å². The first-order valence-corrected chi connectivity index (χ1v) is 10.6. The van der Waals surface area contributed by atoms with Gasteiger partial charge in [-0.05, 0) is 60.5 Å². The van der Waals surface area contributed by atoms with E-state index in [1.807, 2.05) is 19.9 Å². The molecule has 0 radical (unpaired) electrons. The Labute approximate surface area is 187 Å². The summed E-state index contributed by atoms with van der Waals surface area (Å²) in [7, 11) is 1.57. The molecule has 2 unspecified atom stereocenters. The average Bonchev–Trinajstić information content (AvgIpc) is 2.60. The molecule has 9 nitrogen and oxygen atoms in total. The summed E-state index contributed by atoms with van der Waals surface area (Å²) in [6, 6.07) is -0.498. The fraction of sp³-hybridized carbons (Fsp3) is 0.818. The van der Waals surface area contributed by atoms with Crippen molar-refractivity contribution >= 4 is 12.2 Å². The van der Waals surface area contributed by atoms with E-state index in [1.54, 1.807) is 48.7 Å². The molecule has 9 heteroatoms. The Kier molecular flexibility index (Phi) is 13.4. The minimum absolute atomic E-state index is 0.108. The van der Waals surface area contributed by atoms with Gasteiger partial charge in [0.15, 0.2) is 0 Å². The summed E-state index contributed by atoms with van der Waals surface area (Å²) in [6.07, 6.45) is 1.51. The van der Waals surface area contributed by atoms with Crippen LogP contribution in [0.5, 0.6) is 0 Å². The van der Waals surface area contributed by atoms with E-state index >= 15 is 0 Å². The molecule has 2 atom stereocenters. The molecule has 182 valence electrons. The molecule has 0 aliphatic rings. The summed E-state index contributed by atoms with van der Waals surface area (Å²) in [5.74, 6) is 0. The quantitative estimate of drug-likeness (QED) is 0.347. The first kappa shape index (κ1) is 29.2. The van der Waals surface area contributed by atoms with E-state index in [2.05, 4.69) is 10.6 Å². The second-order valence-electron chi connectivity index (χ2n) is 9.20. The second kappa shape index (κ2) is 14.3. The van der Waals surface area contributed by atoms with E-state index in [1.165, 1.54) is 0 Å². The van der Waals surface area contributed by atoms with Gasteiger partial charge < -0.3 is 34.3 Å². The molecule has 2 N–H and O–H groups in total. The number of hydrogen-bond donors (Lipinski definition) is 2. The van der Waals surface area contributed by atoms with Gasteiger partial charge in [-0.3, -0.25) is 0 Å². The van der Waals surface area contributed by atoms with Gasteiger partial charge in [-0.15, -0.1) is 0 Å². The molecule has 0 saturated heterocycles. The standard InChI is InChI=1S/C22H42N2O7/c1-10-17(11-16(2)29-15-27-9)13-28-14-18(24-20(26)31-22(6,7)8)12-23-19(25)30-21(3,4)5/h11,16,18H,10,12-15H2,1-9H3,(H,23,25)(H,24,26)/b17-11+. The first-order chi connectivity index (χ1) is 14.3. The molecular formula is C22H42N2O7. The number of amides is 2. The predicted molar refractivity (Wildman–Crippen MR) is 119 cm³/mol. The van der Waals surface area contributed by atoms with Crippen LogP contribution in [0.25, 0.3) is 0 Å². The van der Waals surface area contributed by atoms with Crippen LogP contribution >= 0.6 is 0 Å². The maximum Gasteiger partial charge on any atom is 0.408 e. The molecule has 0 saturated carbocycles. The van der Waals surface area contributed by atoms with E-state index < -0.39 is 29.4 Å². The molecule has 0 aromatic carbocycles. The smallest absolute Gasteiger partial charge is 0.408 e. The van der Waals surface area contributed by atoms with Crippen LogP contribution in [-0.2, 0) is 23.7 Å². The highest BCUT2D eigenvalue weighted by Crippen LogP contribution is 2.09. The molecule has 0 aromatic heterocycles. The molecule has 0 rings (SSSR count). The van der Waals surface area contributed by atoms with Crippen molar-refractivity contribution in [3.8, 4) is 0 Å². The molecule has 2 amide bonds. The van der Waals surface area contributed by atoms with Crippen molar-refractivity contribution in [2.45, 2.75) is 85.2 Å². The van der Waals surface area contributed by atoms with Crippen LogP contribution in [-0.4, -0.2) is 69.2 Å². The zero-order chi connectivity index (χ0) is 24.1. The molecule has 0 aliphatic heterocycles. The monoisotopic (exact) mass is 446 g/mol. The van der Waals surface area contributed by atoms with Crippen molar-refractivity contribution in [3.63, 3.8) is 0 Å². The van der Waals surface area contributed by atoms with Crippen LogP contribution in [0.4, 0.5) is 9.59 Å². The van der Waals surface area contributed by atoms with Gasteiger partial charge in [0.05, 0.1) is 25.4 Å². The van der Waals surface area contributed by atoms with Crippen LogP contribution < -0.4 is 10.6 Å². The zero-order valence-electron chi connectivity index (χ0n) is 20.6. The minimum Gasteiger partial charge on any atom is -0.444 e. The summed E-state index contributed by atoms with van der Waals surface area (Å²) < 4.78 is 26.7. The normalized spacial score (nSPS) is 14.5. The van der Waals surface area contributed by atoms with Crippen molar-refractivity contribution in [2.75, 3.05) is 33.7 Å². The third-order valence-electron chi connectivity index (χ3n) is 3.59. The van der Waals surface area contributed by atoms with Gasteiger partial charge in [-0.1, -0.05) is 13.0 Å². The van der Waals surface area contributed by atoms with Gasteiger partial charge in [0.2, 0.25) is 0 Å². The summed E-state index contributed by atoms with van der Waals surface area (Å²) in [5.41, 5.74) is -0.193. The number of ether oxygens (including phenoxy) is 5. The molecule has 0 heterocycles. The second-order valence-corrected chi connectivity index (χ2v) is 9.20. The van der Waals surface area contributed by atoms with E-state index in [0.29, 0.717) is 6.61 Å². The zero-order valence-corrected chi connectivity index (χ0v) is 20.6. The molecule has 0 aliphatic carbocycles. The van der Waals surface area contributed by atoms with E-state index in [-0.39, 0.29) is 26.0 Å². The van der Waals surface area contributed by atoms with E-state index in [0.717, 1.165) is 12.0 Å². The van der Waals surface area contributed by atoms with Crippen LogP contribution in [0.15, 0.2) is 11.6 Å². The Morgan fingerprint density at radius 3 is 2.10 bits per heavy atom. The molecular weight excluding hydrogens is 404 g/mol. The lowest BCUT2D eigenvalue weighted by atomic mass is 10.1. The van der Waals surface area contributed by atoms with Crippen LogP contribution in [0, 0.1) is 0 Å². The number of nitrogens with one attached hydrogen (secondary N) is 2. The minimum atomic E-state index is -0.634. The highest BCUT2D eigenvalue weighted by atomic mass is 16.7. The third kappa shape index (κ3) is 17.5. The summed E-state index contributed by atoms with van der Waals surface area (Å²) in [4.78, 5) is 24.1. The molecule has 0 aromatic rings. The Hall–Kier alpha value is -1.84. The number of carbonyl (C=O) groups excluding carboxylic acids is 2. The lowest BCUT2D eigenvalue weighted by Gasteiger charge is -2.25. The molecule has 31 heavy (non-hydrogen) atoms. The van der Waals surface area contributed by atoms with Gasteiger partial charge >= 0.3 is 12.2 Å². The summed E-state index contributed by atoms with van der Waals surface area (Å²) >= 11 is 0. The van der Waals surface area contributed by atoms with E-state index in [9.17, 15) is 9.59 Å².